The van der Waals surface area contributed by atoms with Gasteiger partial charge in [-0.1, -0.05) is 25.4 Å². The van der Waals surface area contributed by atoms with Crippen LogP contribution in [0.15, 0.2) is 12.1 Å². The molecule has 19 heavy (non-hydrogen) atoms. The first-order chi connectivity index (χ1) is 8.81. The van der Waals surface area contributed by atoms with Gasteiger partial charge in [-0.25, -0.2) is 9.59 Å². The van der Waals surface area contributed by atoms with Crippen LogP contribution < -0.4 is 5.32 Å². The lowest BCUT2D eigenvalue weighted by atomic mass is 10.1. The van der Waals surface area contributed by atoms with Crippen LogP contribution in [0.2, 0.25) is 4.34 Å². The molecule has 0 fully saturated rings. The molecule has 1 rings (SSSR count). The zero-order chi connectivity index (χ0) is 14.6. The van der Waals surface area contributed by atoms with Crippen molar-refractivity contribution in [1.82, 2.24) is 10.2 Å². The smallest absolute Gasteiger partial charge is 0.326 e. The van der Waals surface area contributed by atoms with Crippen LogP contribution >= 0.6 is 22.9 Å². The number of hydrogen-bond acceptors (Lipinski definition) is 3. The number of nitrogens with one attached hydrogen (secondary N) is 1. The molecule has 1 atom stereocenters. The molecule has 0 bridgehead atoms. The van der Waals surface area contributed by atoms with Crippen molar-refractivity contribution in [2.24, 2.45) is 5.92 Å². The highest BCUT2D eigenvalue weighted by atomic mass is 35.5. The molecule has 1 aromatic heterocycles. The minimum absolute atomic E-state index is 0.175. The van der Waals surface area contributed by atoms with Crippen LogP contribution in [0.4, 0.5) is 4.79 Å². The van der Waals surface area contributed by atoms with Crippen molar-refractivity contribution < 1.29 is 14.7 Å². The molecule has 1 heterocycles. The normalized spacial score (nSPS) is 12.3. The van der Waals surface area contributed by atoms with Gasteiger partial charge in [0.25, 0.3) is 0 Å². The highest BCUT2D eigenvalue weighted by Crippen LogP contribution is 2.22. The Balaban J connectivity index is 2.59. The maximum absolute atomic E-state index is 11.9. The van der Waals surface area contributed by atoms with E-state index in [0.29, 0.717) is 10.9 Å². The Morgan fingerprint density at radius 2 is 2.11 bits per heavy atom. The number of rotatable bonds is 5. The average molecular weight is 305 g/mol. The Morgan fingerprint density at radius 1 is 1.47 bits per heavy atom. The van der Waals surface area contributed by atoms with Crippen LogP contribution in [0, 0.1) is 5.92 Å². The van der Waals surface area contributed by atoms with E-state index in [0.717, 1.165) is 4.88 Å². The molecule has 0 aromatic carbocycles. The summed E-state index contributed by atoms with van der Waals surface area (Å²) in [6.45, 7) is 3.89. The van der Waals surface area contributed by atoms with E-state index < -0.39 is 18.0 Å². The molecule has 0 aliphatic carbocycles. The molecule has 2 N–H and O–H groups in total. The standard InChI is InChI=1S/C12H17ClN2O3S/c1-7(2)10(11(16)17)14-12(18)15(3)6-8-4-5-9(13)19-8/h4-5,7,10H,6H2,1-3H3,(H,14,18)(H,16,17). The molecular formula is C12H17ClN2O3S. The van der Waals surface area contributed by atoms with Gasteiger partial charge in [0.05, 0.1) is 10.9 Å². The number of hydrogen-bond donors (Lipinski definition) is 2. The van der Waals surface area contributed by atoms with Crippen molar-refractivity contribution in [1.29, 1.82) is 0 Å². The summed E-state index contributed by atoms with van der Waals surface area (Å²) in [5, 5.41) is 11.5. The molecule has 2 amide bonds. The first-order valence-electron chi connectivity index (χ1n) is 5.80. The van der Waals surface area contributed by atoms with E-state index in [1.54, 1.807) is 27.0 Å². The number of urea groups is 1. The largest absolute Gasteiger partial charge is 0.480 e. The van der Waals surface area contributed by atoms with Crippen LogP contribution in [-0.4, -0.2) is 35.1 Å². The molecule has 0 aliphatic rings. The van der Waals surface area contributed by atoms with Gasteiger partial charge in [-0.2, -0.15) is 0 Å². The maximum atomic E-state index is 11.9. The Bertz CT molecular complexity index is 462. The number of halogens is 1. The summed E-state index contributed by atoms with van der Waals surface area (Å²) < 4.78 is 0.661. The van der Waals surface area contributed by atoms with Crippen molar-refractivity contribution in [2.75, 3.05) is 7.05 Å². The number of amides is 2. The molecule has 0 saturated carbocycles. The molecular weight excluding hydrogens is 288 g/mol. The monoisotopic (exact) mass is 304 g/mol. The maximum Gasteiger partial charge on any atom is 0.326 e. The molecule has 1 unspecified atom stereocenters. The van der Waals surface area contributed by atoms with Gasteiger partial charge < -0.3 is 15.3 Å². The van der Waals surface area contributed by atoms with E-state index in [9.17, 15) is 9.59 Å². The Hall–Kier alpha value is -1.27. The third kappa shape index (κ3) is 4.72. The van der Waals surface area contributed by atoms with Gasteiger partial charge in [-0.15, -0.1) is 11.3 Å². The minimum atomic E-state index is -1.03. The van der Waals surface area contributed by atoms with Crippen LogP contribution in [0.5, 0.6) is 0 Å². The zero-order valence-corrected chi connectivity index (χ0v) is 12.6. The lowest BCUT2D eigenvalue weighted by Gasteiger charge is -2.22. The number of carbonyl (C=O) groups is 2. The topological polar surface area (TPSA) is 69.6 Å². The summed E-state index contributed by atoms with van der Waals surface area (Å²) in [5.41, 5.74) is 0. The fraction of sp³-hybridized carbons (Fsp3) is 0.500. The summed E-state index contributed by atoms with van der Waals surface area (Å²) in [7, 11) is 1.61. The van der Waals surface area contributed by atoms with Gasteiger partial charge in [-0.05, 0) is 18.1 Å². The fourth-order valence-electron chi connectivity index (χ4n) is 1.50. The highest BCUT2D eigenvalue weighted by Gasteiger charge is 2.24. The lowest BCUT2D eigenvalue weighted by Crippen LogP contribution is -2.48. The van der Waals surface area contributed by atoms with E-state index in [4.69, 9.17) is 16.7 Å². The van der Waals surface area contributed by atoms with Crippen molar-refractivity contribution in [3.63, 3.8) is 0 Å². The van der Waals surface area contributed by atoms with Crippen molar-refractivity contribution in [2.45, 2.75) is 26.4 Å². The van der Waals surface area contributed by atoms with Gasteiger partial charge in [0.1, 0.15) is 6.04 Å². The van der Waals surface area contributed by atoms with E-state index in [2.05, 4.69) is 5.32 Å². The third-order valence-electron chi connectivity index (χ3n) is 2.58. The predicted molar refractivity (Wildman–Crippen MR) is 75.6 cm³/mol. The average Bonchev–Trinajstić information content (AvgIpc) is 2.70. The molecule has 0 radical (unpaired) electrons. The van der Waals surface area contributed by atoms with Crippen molar-refractivity contribution >= 4 is 34.9 Å². The molecule has 1 aromatic rings. The van der Waals surface area contributed by atoms with Crippen LogP contribution in [-0.2, 0) is 11.3 Å². The van der Waals surface area contributed by atoms with E-state index in [1.165, 1.54) is 16.2 Å². The van der Waals surface area contributed by atoms with Crippen molar-refractivity contribution in [3.8, 4) is 0 Å². The molecule has 0 saturated heterocycles. The summed E-state index contributed by atoms with van der Waals surface area (Å²) in [6, 6.07) is 2.31. The SMILES string of the molecule is CC(C)C(NC(=O)N(C)Cc1ccc(Cl)s1)C(=O)O. The summed E-state index contributed by atoms with van der Waals surface area (Å²) in [6.07, 6.45) is 0. The minimum Gasteiger partial charge on any atom is -0.480 e. The summed E-state index contributed by atoms with van der Waals surface area (Å²) in [4.78, 5) is 25.3. The number of carboxylic acids is 1. The second-order valence-electron chi connectivity index (χ2n) is 4.57. The lowest BCUT2D eigenvalue weighted by molar-refractivity contribution is -0.140. The number of thiophene rings is 1. The second-order valence-corrected chi connectivity index (χ2v) is 6.37. The zero-order valence-electron chi connectivity index (χ0n) is 11.0. The molecule has 0 aliphatic heterocycles. The fourth-order valence-corrected chi connectivity index (χ4v) is 2.64. The Morgan fingerprint density at radius 3 is 2.53 bits per heavy atom. The van der Waals surface area contributed by atoms with Gasteiger partial charge in [0.2, 0.25) is 0 Å². The van der Waals surface area contributed by atoms with Gasteiger partial charge in [0, 0.05) is 11.9 Å². The Kier molecular flexibility index (Phi) is 5.62. The number of carboxylic acid groups (broad SMARTS) is 1. The molecule has 5 nitrogen and oxygen atoms in total. The first kappa shape index (κ1) is 15.8. The Labute approximate surface area is 121 Å². The molecule has 106 valence electrons. The van der Waals surface area contributed by atoms with Gasteiger partial charge in [0.15, 0.2) is 0 Å². The highest BCUT2D eigenvalue weighted by molar-refractivity contribution is 7.16. The predicted octanol–water partition coefficient (Wildman–Crippen LogP) is 2.65. The first-order valence-corrected chi connectivity index (χ1v) is 6.99. The van der Waals surface area contributed by atoms with Crippen LogP contribution in [0.3, 0.4) is 0 Å². The number of carbonyl (C=O) groups excluding carboxylic acids is 1. The van der Waals surface area contributed by atoms with Gasteiger partial charge >= 0.3 is 12.0 Å². The van der Waals surface area contributed by atoms with E-state index in [-0.39, 0.29) is 5.92 Å². The van der Waals surface area contributed by atoms with Crippen molar-refractivity contribution in [3.05, 3.63) is 21.3 Å². The third-order valence-corrected chi connectivity index (χ3v) is 3.80. The molecule has 7 heteroatoms. The number of aliphatic carboxylic acids is 1. The number of nitrogens with zero attached hydrogens (tertiary/aromatic N) is 1. The van der Waals surface area contributed by atoms with Gasteiger partial charge in [-0.3, -0.25) is 0 Å². The second kappa shape index (κ2) is 6.77. The van der Waals surface area contributed by atoms with E-state index in [1.807, 2.05) is 6.07 Å². The summed E-state index contributed by atoms with van der Waals surface area (Å²) in [5.74, 6) is -1.21. The summed E-state index contributed by atoms with van der Waals surface area (Å²) >= 11 is 7.21. The van der Waals surface area contributed by atoms with Crippen LogP contribution in [0.1, 0.15) is 18.7 Å². The van der Waals surface area contributed by atoms with Crippen LogP contribution in [0.25, 0.3) is 0 Å². The quantitative estimate of drug-likeness (QED) is 0.878. The molecule has 0 spiro atoms. The van der Waals surface area contributed by atoms with E-state index >= 15 is 0 Å².